The topological polar surface area (TPSA) is 61.0 Å². The zero-order valence-electron chi connectivity index (χ0n) is 15.2. The minimum absolute atomic E-state index is 0.112. The van der Waals surface area contributed by atoms with E-state index in [-0.39, 0.29) is 5.91 Å². The van der Waals surface area contributed by atoms with Crippen LogP contribution in [0.25, 0.3) is 10.9 Å². The van der Waals surface area contributed by atoms with E-state index in [0.717, 1.165) is 31.4 Å². The highest BCUT2D eigenvalue weighted by molar-refractivity contribution is 5.83. The van der Waals surface area contributed by atoms with Gasteiger partial charge >= 0.3 is 0 Å². The molecule has 0 unspecified atom stereocenters. The van der Waals surface area contributed by atoms with E-state index in [1.54, 1.807) is 0 Å². The molecule has 5 heteroatoms. The van der Waals surface area contributed by atoms with Crippen LogP contribution in [-0.4, -0.2) is 47.5 Å². The Bertz CT molecular complexity index is 828. The van der Waals surface area contributed by atoms with Crippen molar-refractivity contribution in [2.45, 2.75) is 19.3 Å². The van der Waals surface area contributed by atoms with Gasteiger partial charge in [0, 0.05) is 55.5 Å². The Balaban J connectivity index is 1.34. The SMILES string of the molecule is CN(CCC(=O)NCCc1c[nH]c2ccccc12)CCc1ccncc1. The van der Waals surface area contributed by atoms with Gasteiger partial charge in [0.05, 0.1) is 0 Å². The van der Waals surface area contributed by atoms with Gasteiger partial charge in [-0.1, -0.05) is 18.2 Å². The molecule has 0 aliphatic heterocycles. The molecule has 0 fully saturated rings. The summed E-state index contributed by atoms with van der Waals surface area (Å²) in [4.78, 5) is 21.6. The number of hydrogen-bond donors (Lipinski definition) is 2. The van der Waals surface area contributed by atoms with Gasteiger partial charge in [0.2, 0.25) is 5.91 Å². The number of rotatable bonds is 9. The fraction of sp³-hybridized carbons (Fsp3) is 0.333. The Hall–Kier alpha value is -2.66. The molecule has 1 amide bonds. The molecule has 0 bridgehead atoms. The van der Waals surface area contributed by atoms with Gasteiger partial charge in [-0.25, -0.2) is 0 Å². The molecule has 136 valence electrons. The third-order valence-corrected chi connectivity index (χ3v) is 4.64. The number of hydrogen-bond acceptors (Lipinski definition) is 3. The van der Waals surface area contributed by atoms with Gasteiger partial charge in [0.15, 0.2) is 0 Å². The zero-order chi connectivity index (χ0) is 18.2. The van der Waals surface area contributed by atoms with Crippen molar-refractivity contribution in [3.63, 3.8) is 0 Å². The number of pyridine rings is 1. The third kappa shape index (κ3) is 5.17. The summed E-state index contributed by atoms with van der Waals surface area (Å²) in [6.07, 6.45) is 8.01. The molecule has 0 saturated carbocycles. The number of carbonyl (C=O) groups is 1. The number of likely N-dealkylation sites (N-methyl/N-ethyl adjacent to an activating group) is 1. The van der Waals surface area contributed by atoms with E-state index < -0.39 is 0 Å². The normalized spacial score (nSPS) is 11.2. The summed E-state index contributed by atoms with van der Waals surface area (Å²) in [5.41, 5.74) is 3.66. The van der Waals surface area contributed by atoms with Crippen LogP contribution in [0.5, 0.6) is 0 Å². The molecule has 0 spiro atoms. The molecule has 0 aliphatic rings. The van der Waals surface area contributed by atoms with Crippen LogP contribution in [-0.2, 0) is 17.6 Å². The fourth-order valence-corrected chi connectivity index (χ4v) is 3.04. The van der Waals surface area contributed by atoms with Crippen LogP contribution in [0.4, 0.5) is 0 Å². The highest BCUT2D eigenvalue weighted by Crippen LogP contribution is 2.17. The van der Waals surface area contributed by atoms with Gasteiger partial charge in [-0.05, 0) is 49.2 Å². The Morgan fingerprint density at radius 3 is 2.77 bits per heavy atom. The zero-order valence-corrected chi connectivity index (χ0v) is 15.2. The number of aromatic nitrogens is 2. The number of aromatic amines is 1. The first-order valence-corrected chi connectivity index (χ1v) is 9.11. The van der Waals surface area contributed by atoms with E-state index in [4.69, 9.17) is 0 Å². The van der Waals surface area contributed by atoms with Crippen molar-refractivity contribution < 1.29 is 4.79 Å². The second kappa shape index (κ2) is 9.15. The summed E-state index contributed by atoms with van der Waals surface area (Å²) in [5.74, 6) is 0.112. The van der Waals surface area contributed by atoms with Crippen LogP contribution in [0.2, 0.25) is 0 Å². The Labute approximate surface area is 154 Å². The molecule has 0 aliphatic carbocycles. The van der Waals surface area contributed by atoms with Crippen molar-refractivity contribution in [3.8, 4) is 0 Å². The van der Waals surface area contributed by atoms with E-state index in [1.807, 2.05) is 42.9 Å². The molecular weight excluding hydrogens is 324 g/mol. The molecule has 0 saturated heterocycles. The highest BCUT2D eigenvalue weighted by Gasteiger charge is 2.06. The van der Waals surface area contributed by atoms with Gasteiger partial charge in [0.1, 0.15) is 0 Å². The number of H-pyrrole nitrogens is 1. The number of nitrogens with zero attached hydrogens (tertiary/aromatic N) is 2. The lowest BCUT2D eigenvalue weighted by Crippen LogP contribution is -2.31. The molecule has 2 N–H and O–H groups in total. The summed E-state index contributed by atoms with van der Waals surface area (Å²) in [7, 11) is 2.06. The lowest BCUT2D eigenvalue weighted by Gasteiger charge is -2.16. The lowest BCUT2D eigenvalue weighted by atomic mass is 10.1. The van der Waals surface area contributed by atoms with Crippen molar-refractivity contribution in [2.75, 3.05) is 26.7 Å². The summed E-state index contributed by atoms with van der Waals surface area (Å²) in [6, 6.07) is 12.3. The number of benzene rings is 1. The number of amides is 1. The maximum atomic E-state index is 12.1. The van der Waals surface area contributed by atoms with Crippen LogP contribution in [0.3, 0.4) is 0 Å². The van der Waals surface area contributed by atoms with E-state index in [9.17, 15) is 4.79 Å². The Morgan fingerprint density at radius 1 is 1.12 bits per heavy atom. The summed E-state index contributed by atoms with van der Waals surface area (Å²) in [6.45, 7) is 2.37. The van der Waals surface area contributed by atoms with E-state index in [0.29, 0.717) is 13.0 Å². The summed E-state index contributed by atoms with van der Waals surface area (Å²) < 4.78 is 0. The number of fused-ring (bicyclic) bond motifs is 1. The molecule has 3 rings (SSSR count). The van der Waals surface area contributed by atoms with Crippen LogP contribution < -0.4 is 5.32 Å². The van der Waals surface area contributed by atoms with Crippen LogP contribution in [0, 0.1) is 0 Å². The molecule has 0 radical (unpaired) electrons. The molecular formula is C21H26N4O. The van der Waals surface area contributed by atoms with Gasteiger partial charge in [-0.15, -0.1) is 0 Å². The first-order chi connectivity index (χ1) is 12.7. The molecule has 26 heavy (non-hydrogen) atoms. The standard InChI is InChI=1S/C21H26N4O/c1-25(14-9-17-6-11-22-12-7-17)15-10-21(26)23-13-8-18-16-24-20-5-3-2-4-19(18)20/h2-7,11-12,16,24H,8-10,13-15H2,1H3,(H,23,26). The monoisotopic (exact) mass is 350 g/mol. The van der Waals surface area contributed by atoms with Crippen molar-refractivity contribution in [1.29, 1.82) is 0 Å². The van der Waals surface area contributed by atoms with Gasteiger partial charge in [0.25, 0.3) is 0 Å². The smallest absolute Gasteiger partial charge is 0.221 e. The molecule has 3 aromatic rings. The number of para-hydroxylation sites is 1. The molecule has 2 aromatic heterocycles. The minimum Gasteiger partial charge on any atom is -0.361 e. The largest absolute Gasteiger partial charge is 0.361 e. The second-order valence-corrected chi connectivity index (χ2v) is 6.62. The fourth-order valence-electron chi connectivity index (χ4n) is 3.04. The first kappa shape index (κ1) is 18.1. The van der Waals surface area contributed by atoms with Crippen LogP contribution in [0.15, 0.2) is 55.0 Å². The van der Waals surface area contributed by atoms with Crippen LogP contribution >= 0.6 is 0 Å². The van der Waals surface area contributed by atoms with Gasteiger partial charge in [-0.3, -0.25) is 9.78 Å². The second-order valence-electron chi connectivity index (χ2n) is 6.62. The van der Waals surface area contributed by atoms with Gasteiger partial charge < -0.3 is 15.2 Å². The van der Waals surface area contributed by atoms with Crippen molar-refractivity contribution in [2.24, 2.45) is 0 Å². The molecule has 2 heterocycles. The quantitative estimate of drug-likeness (QED) is 0.624. The number of nitrogens with one attached hydrogen (secondary N) is 2. The summed E-state index contributed by atoms with van der Waals surface area (Å²) in [5, 5.41) is 4.26. The van der Waals surface area contributed by atoms with Crippen LogP contribution in [0.1, 0.15) is 17.5 Å². The molecule has 0 atom stereocenters. The lowest BCUT2D eigenvalue weighted by molar-refractivity contribution is -0.121. The average molecular weight is 350 g/mol. The van der Waals surface area contributed by atoms with Gasteiger partial charge in [-0.2, -0.15) is 0 Å². The average Bonchev–Trinajstić information content (AvgIpc) is 3.09. The Kier molecular flexibility index (Phi) is 6.39. The highest BCUT2D eigenvalue weighted by atomic mass is 16.1. The van der Waals surface area contributed by atoms with Crippen molar-refractivity contribution in [1.82, 2.24) is 20.2 Å². The number of carbonyl (C=O) groups excluding carboxylic acids is 1. The minimum atomic E-state index is 0.112. The maximum Gasteiger partial charge on any atom is 0.221 e. The van der Waals surface area contributed by atoms with E-state index >= 15 is 0 Å². The Morgan fingerprint density at radius 2 is 1.92 bits per heavy atom. The first-order valence-electron chi connectivity index (χ1n) is 9.11. The maximum absolute atomic E-state index is 12.1. The third-order valence-electron chi connectivity index (χ3n) is 4.64. The predicted octanol–water partition coefficient (Wildman–Crippen LogP) is 2.79. The van der Waals surface area contributed by atoms with Crippen molar-refractivity contribution >= 4 is 16.8 Å². The summed E-state index contributed by atoms with van der Waals surface area (Å²) >= 11 is 0. The van der Waals surface area contributed by atoms with Crippen molar-refractivity contribution in [3.05, 3.63) is 66.1 Å². The predicted molar refractivity (Wildman–Crippen MR) is 105 cm³/mol. The molecule has 1 aromatic carbocycles. The van der Waals surface area contributed by atoms with E-state index in [1.165, 1.54) is 16.5 Å². The molecule has 5 nitrogen and oxygen atoms in total. The van der Waals surface area contributed by atoms with E-state index in [2.05, 4.69) is 39.4 Å².